The lowest BCUT2D eigenvalue weighted by Gasteiger charge is -2.20. The first kappa shape index (κ1) is 15.7. The molecular formula is C17H17N5O2. The molecule has 1 amide bonds. The molecule has 7 heteroatoms. The van der Waals surface area contributed by atoms with E-state index in [0.29, 0.717) is 6.61 Å². The zero-order valence-corrected chi connectivity index (χ0v) is 13.2. The highest BCUT2D eigenvalue weighted by Crippen LogP contribution is 2.31. The first-order chi connectivity index (χ1) is 11.8. The number of aryl methyl sites for hydroxylation is 1. The van der Waals surface area contributed by atoms with Gasteiger partial charge >= 0.3 is 6.09 Å². The summed E-state index contributed by atoms with van der Waals surface area (Å²) in [5, 5.41) is 9.70. The van der Waals surface area contributed by atoms with E-state index in [0.717, 1.165) is 17.1 Å². The topological polar surface area (TPSA) is 84.0 Å². The maximum absolute atomic E-state index is 11.8. The number of pyridine rings is 1. The fourth-order valence-electron chi connectivity index (χ4n) is 2.35. The highest BCUT2D eigenvalue weighted by atomic mass is 16.6. The molecule has 1 unspecified atom stereocenters. The third-order valence-electron chi connectivity index (χ3n) is 3.47. The van der Waals surface area contributed by atoms with E-state index in [1.54, 1.807) is 17.3 Å². The number of aromatic nitrogens is 4. The van der Waals surface area contributed by atoms with Crippen molar-refractivity contribution in [2.24, 2.45) is 0 Å². The van der Waals surface area contributed by atoms with Gasteiger partial charge in [0.1, 0.15) is 12.6 Å². The van der Waals surface area contributed by atoms with Crippen molar-refractivity contribution in [1.82, 2.24) is 20.4 Å². The number of para-hydroxylation sites is 1. The third kappa shape index (κ3) is 3.57. The molecule has 1 aliphatic heterocycles. The van der Waals surface area contributed by atoms with Crippen molar-refractivity contribution in [2.75, 3.05) is 11.5 Å². The van der Waals surface area contributed by atoms with Gasteiger partial charge in [-0.05, 0) is 31.2 Å². The fraction of sp³-hybridized carbons (Fsp3) is 0.176. The Kier molecular flexibility index (Phi) is 4.81. The molecule has 1 fully saturated rings. The monoisotopic (exact) mass is 323 g/mol. The number of hydrogen-bond donors (Lipinski definition) is 1. The van der Waals surface area contributed by atoms with E-state index in [4.69, 9.17) is 4.74 Å². The summed E-state index contributed by atoms with van der Waals surface area (Å²) < 4.78 is 5.13. The Labute approximate surface area is 139 Å². The third-order valence-corrected chi connectivity index (χ3v) is 3.47. The van der Waals surface area contributed by atoms with Gasteiger partial charge in [0.05, 0.1) is 17.6 Å². The zero-order valence-electron chi connectivity index (χ0n) is 13.2. The molecule has 3 heterocycles. The predicted octanol–water partition coefficient (Wildman–Crippen LogP) is 2.89. The van der Waals surface area contributed by atoms with E-state index in [9.17, 15) is 4.79 Å². The van der Waals surface area contributed by atoms with Crippen LogP contribution in [0.2, 0.25) is 0 Å². The number of ether oxygens (including phenoxy) is 1. The van der Waals surface area contributed by atoms with Crippen LogP contribution in [0.25, 0.3) is 0 Å². The number of carbonyl (C=O) groups excluding carboxylic acids is 1. The van der Waals surface area contributed by atoms with Crippen molar-refractivity contribution in [3.8, 4) is 0 Å². The number of cyclic esters (lactones) is 1. The maximum atomic E-state index is 11.8. The number of anilines is 1. The van der Waals surface area contributed by atoms with Gasteiger partial charge in [-0.1, -0.05) is 24.3 Å². The maximum Gasteiger partial charge on any atom is 0.415 e. The average Bonchev–Trinajstić information content (AvgIpc) is 3.26. The molecule has 24 heavy (non-hydrogen) atoms. The summed E-state index contributed by atoms with van der Waals surface area (Å²) in [5.74, 6) is 0. The molecule has 0 bridgehead atoms. The summed E-state index contributed by atoms with van der Waals surface area (Å²) in [5.41, 5.74) is 2.60. The number of nitrogens with one attached hydrogen (secondary N) is 1. The molecule has 0 radical (unpaired) electrons. The lowest BCUT2D eigenvalue weighted by Crippen LogP contribution is -2.27. The van der Waals surface area contributed by atoms with Crippen molar-refractivity contribution in [3.05, 3.63) is 72.3 Å². The molecule has 1 atom stereocenters. The van der Waals surface area contributed by atoms with Crippen LogP contribution < -0.4 is 4.90 Å². The number of benzene rings is 1. The van der Waals surface area contributed by atoms with Gasteiger partial charge < -0.3 is 4.74 Å². The van der Waals surface area contributed by atoms with Crippen LogP contribution in [0.3, 0.4) is 0 Å². The van der Waals surface area contributed by atoms with Crippen LogP contribution in [0.15, 0.2) is 60.9 Å². The van der Waals surface area contributed by atoms with Gasteiger partial charge in [0.25, 0.3) is 0 Å². The molecule has 2 aromatic heterocycles. The Hall–Kier alpha value is -3.22. The second-order valence-electron chi connectivity index (χ2n) is 5.16. The lowest BCUT2D eigenvalue weighted by atomic mass is 10.1. The van der Waals surface area contributed by atoms with Crippen molar-refractivity contribution in [2.45, 2.75) is 13.0 Å². The van der Waals surface area contributed by atoms with Crippen molar-refractivity contribution in [1.29, 1.82) is 0 Å². The molecule has 1 aromatic carbocycles. The molecule has 3 aromatic rings. The van der Waals surface area contributed by atoms with E-state index in [1.165, 1.54) is 0 Å². The number of rotatable bonds is 2. The SMILES string of the molecule is Cc1cn[nH]n1.O=C1OCC(c2ccccn2)N1c1ccccc1. The normalized spacial score (nSPS) is 16.3. The summed E-state index contributed by atoms with van der Waals surface area (Å²) in [6.07, 6.45) is 3.07. The molecule has 1 saturated heterocycles. The van der Waals surface area contributed by atoms with E-state index >= 15 is 0 Å². The van der Waals surface area contributed by atoms with Crippen LogP contribution in [-0.2, 0) is 4.74 Å². The molecule has 0 saturated carbocycles. The molecule has 122 valence electrons. The summed E-state index contributed by atoms with van der Waals surface area (Å²) in [6.45, 7) is 2.22. The first-order valence-electron chi connectivity index (χ1n) is 7.50. The number of nitrogens with zero attached hydrogens (tertiary/aromatic N) is 4. The molecule has 1 N–H and O–H groups in total. The molecule has 0 spiro atoms. The minimum Gasteiger partial charge on any atom is -0.446 e. The Morgan fingerprint density at radius 1 is 1.17 bits per heavy atom. The number of hydrogen-bond acceptors (Lipinski definition) is 5. The average molecular weight is 323 g/mol. The van der Waals surface area contributed by atoms with E-state index < -0.39 is 0 Å². The Balaban J connectivity index is 0.000000238. The van der Waals surface area contributed by atoms with Crippen molar-refractivity contribution < 1.29 is 9.53 Å². The smallest absolute Gasteiger partial charge is 0.415 e. The van der Waals surface area contributed by atoms with Crippen molar-refractivity contribution >= 4 is 11.8 Å². The summed E-state index contributed by atoms with van der Waals surface area (Å²) in [4.78, 5) is 17.8. The molecule has 4 rings (SSSR count). The van der Waals surface area contributed by atoms with Crippen LogP contribution >= 0.6 is 0 Å². The summed E-state index contributed by atoms with van der Waals surface area (Å²) in [7, 11) is 0. The summed E-state index contributed by atoms with van der Waals surface area (Å²) in [6, 6.07) is 15.0. The Morgan fingerprint density at radius 2 is 1.96 bits per heavy atom. The van der Waals surface area contributed by atoms with E-state index in [1.807, 2.05) is 55.5 Å². The fourth-order valence-corrected chi connectivity index (χ4v) is 2.35. The summed E-state index contributed by atoms with van der Waals surface area (Å²) >= 11 is 0. The predicted molar refractivity (Wildman–Crippen MR) is 88.4 cm³/mol. The van der Waals surface area contributed by atoms with Crippen LogP contribution in [0, 0.1) is 6.92 Å². The van der Waals surface area contributed by atoms with Gasteiger partial charge in [-0.2, -0.15) is 15.4 Å². The largest absolute Gasteiger partial charge is 0.446 e. The van der Waals surface area contributed by atoms with Gasteiger partial charge in [0.15, 0.2) is 0 Å². The number of aromatic amines is 1. The van der Waals surface area contributed by atoms with Gasteiger partial charge in [0, 0.05) is 11.9 Å². The number of H-pyrrole nitrogens is 1. The van der Waals surface area contributed by atoms with Gasteiger partial charge in [-0.25, -0.2) is 4.79 Å². The molecule has 7 nitrogen and oxygen atoms in total. The van der Waals surface area contributed by atoms with Crippen LogP contribution in [0.1, 0.15) is 17.4 Å². The number of amides is 1. The van der Waals surface area contributed by atoms with Gasteiger partial charge in [-0.15, -0.1) is 0 Å². The highest BCUT2D eigenvalue weighted by Gasteiger charge is 2.35. The quantitative estimate of drug-likeness (QED) is 0.784. The minimum absolute atomic E-state index is 0.152. The molecule has 0 aliphatic carbocycles. The molecule has 1 aliphatic rings. The second kappa shape index (κ2) is 7.36. The zero-order chi connectivity index (χ0) is 16.8. The number of carbonyl (C=O) groups is 1. The van der Waals surface area contributed by atoms with E-state index in [-0.39, 0.29) is 12.1 Å². The van der Waals surface area contributed by atoms with Crippen molar-refractivity contribution in [3.63, 3.8) is 0 Å². The first-order valence-corrected chi connectivity index (χ1v) is 7.50. The standard InChI is InChI=1S/C14H12N2O2.C3H5N3/c17-14-16(11-6-2-1-3-7-11)13(10-18-14)12-8-4-5-9-15-12;1-3-2-4-6-5-3/h1-9,13H,10H2;2H,1H3,(H,4,5,6). The van der Waals surface area contributed by atoms with E-state index in [2.05, 4.69) is 20.4 Å². The van der Waals surface area contributed by atoms with Crippen LogP contribution in [0.5, 0.6) is 0 Å². The van der Waals surface area contributed by atoms with Crippen LogP contribution in [-0.4, -0.2) is 33.1 Å². The second-order valence-corrected chi connectivity index (χ2v) is 5.16. The molecular weight excluding hydrogens is 306 g/mol. The lowest BCUT2D eigenvalue weighted by molar-refractivity contribution is 0.178. The highest BCUT2D eigenvalue weighted by molar-refractivity contribution is 5.90. The Morgan fingerprint density at radius 3 is 2.54 bits per heavy atom. The van der Waals surface area contributed by atoms with Gasteiger partial charge in [-0.3, -0.25) is 9.88 Å². The van der Waals surface area contributed by atoms with Gasteiger partial charge in [0.2, 0.25) is 0 Å². The Bertz CT molecular complexity index is 762. The van der Waals surface area contributed by atoms with Crippen LogP contribution in [0.4, 0.5) is 10.5 Å². The minimum atomic E-state index is -0.322.